The molecule has 0 amide bonds. The summed E-state index contributed by atoms with van der Waals surface area (Å²) in [6.07, 6.45) is 0. The van der Waals surface area contributed by atoms with Crippen molar-refractivity contribution in [2.75, 3.05) is 0 Å². The molecule has 0 bridgehead atoms. The molecule has 3 rings (SSSR count). The van der Waals surface area contributed by atoms with Gasteiger partial charge in [0.1, 0.15) is 11.5 Å². The van der Waals surface area contributed by atoms with Gasteiger partial charge in [-0.3, -0.25) is 0 Å². The number of hydrogen-bond donors (Lipinski definition) is 0. The van der Waals surface area contributed by atoms with E-state index in [4.69, 9.17) is 4.74 Å². The molecule has 0 atom stereocenters. The molecule has 0 radical (unpaired) electrons. The number of hydrogen-bond acceptors (Lipinski definition) is 1. The average Bonchev–Trinajstić information content (AvgIpc) is 2.34. The Kier molecular flexibility index (Phi) is 2.25. The first kappa shape index (κ1) is 10.5. The fourth-order valence-electron chi connectivity index (χ4n) is 2.65. The van der Waals surface area contributed by atoms with Gasteiger partial charge in [0.15, 0.2) is 0 Å². The lowest BCUT2D eigenvalue weighted by molar-refractivity contribution is 0.487. The number of ether oxygens (including phenoxy) is 1. The van der Waals surface area contributed by atoms with E-state index in [-0.39, 0.29) is 0 Å². The van der Waals surface area contributed by atoms with Crippen LogP contribution >= 0.6 is 0 Å². The van der Waals surface area contributed by atoms with E-state index >= 15 is 0 Å². The van der Waals surface area contributed by atoms with Gasteiger partial charge in [-0.15, -0.1) is 0 Å². The monoisotopic (exact) mass is 222 g/mol. The van der Waals surface area contributed by atoms with Crippen LogP contribution in [0.2, 0.25) is 6.82 Å². The fourth-order valence-corrected chi connectivity index (χ4v) is 2.65. The highest BCUT2D eigenvalue weighted by Gasteiger charge is 2.28. The first-order chi connectivity index (χ1) is 8.18. The standard InChI is InChI=1S/C15H15BO/c1-10-8-9-14-15(11(10)2)16(3)12-6-4-5-7-13(12)17-14/h4-9H,1-3H3. The second kappa shape index (κ2) is 3.66. The molecule has 0 spiro atoms. The maximum atomic E-state index is 5.98. The van der Waals surface area contributed by atoms with Crippen molar-refractivity contribution >= 4 is 17.6 Å². The topological polar surface area (TPSA) is 9.23 Å². The predicted molar refractivity (Wildman–Crippen MR) is 73.3 cm³/mol. The molecule has 84 valence electrons. The van der Waals surface area contributed by atoms with E-state index in [0.29, 0.717) is 6.71 Å². The van der Waals surface area contributed by atoms with Crippen LogP contribution in [0.1, 0.15) is 11.1 Å². The zero-order valence-corrected chi connectivity index (χ0v) is 10.4. The van der Waals surface area contributed by atoms with E-state index in [2.05, 4.69) is 44.9 Å². The molecule has 2 heteroatoms. The van der Waals surface area contributed by atoms with E-state index in [0.717, 1.165) is 11.5 Å². The molecule has 1 aliphatic rings. The van der Waals surface area contributed by atoms with Crippen molar-refractivity contribution in [2.24, 2.45) is 0 Å². The number of benzene rings is 2. The van der Waals surface area contributed by atoms with Gasteiger partial charge in [0.05, 0.1) is 0 Å². The smallest absolute Gasteiger partial charge is 0.216 e. The van der Waals surface area contributed by atoms with Crippen molar-refractivity contribution in [3.63, 3.8) is 0 Å². The third-order valence-electron chi connectivity index (χ3n) is 3.78. The van der Waals surface area contributed by atoms with E-state index in [9.17, 15) is 0 Å². The molecule has 17 heavy (non-hydrogen) atoms. The maximum absolute atomic E-state index is 5.98. The Morgan fingerprint density at radius 3 is 2.53 bits per heavy atom. The number of rotatable bonds is 0. The zero-order chi connectivity index (χ0) is 12.0. The summed E-state index contributed by atoms with van der Waals surface area (Å²) in [7, 11) is 0. The van der Waals surface area contributed by atoms with Crippen LogP contribution in [0.3, 0.4) is 0 Å². The lowest BCUT2D eigenvalue weighted by atomic mass is 9.40. The van der Waals surface area contributed by atoms with Crippen molar-refractivity contribution in [2.45, 2.75) is 20.7 Å². The van der Waals surface area contributed by atoms with Gasteiger partial charge in [-0.1, -0.05) is 31.1 Å². The first-order valence-electron chi connectivity index (χ1n) is 6.05. The van der Waals surface area contributed by atoms with Crippen molar-refractivity contribution < 1.29 is 4.74 Å². The summed E-state index contributed by atoms with van der Waals surface area (Å²) in [5.41, 5.74) is 5.31. The number of para-hydroxylation sites is 1. The molecule has 1 aliphatic heterocycles. The maximum Gasteiger partial charge on any atom is 0.216 e. The summed E-state index contributed by atoms with van der Waals surface area (Å²) >= 11 is 0. The van der Waals surface area contributed by atoms with Crippen LogP contribution in [0, 0.1) is 13.8 Å². The molecule has 0 fully saturated rings. The quantitative estimate of drug-likeness (QED) is 0.622. The SMILES string of the molecule is CB1c2ccccc2Oc2ccc(C)c(C)c21. The van der Waals surface area contributed by atoms with Gasteiger partial charge in [0.2, 0.25) is 6.71 Å². The third kappa shape index (κ3) is 1.48. The van der Waals surface area contributed by atoms with Crippen molar-refractivity contribution in [3.05, 3.63) is 47.5 Å². The minimum Gasteiger partial charge on any atom is -0.458 e. The Hall–Kier alpha value is -1.70. The molecule has 0 aromatic heterocycles. The molecule has 2 aromatic carbocycles. The first-order valence-corrected chi connectivity index (χ1v) is 6.05. The highest BCUT2D eigenvalue weighted by Crippen LogP contribution is 2.26. The molecule has 0 N–H and O–H groups in total. The van der Waals surface area contributed by atoms with Crippen molar-refractivity contribution in [1.82, 2.24) is 0 Å². The highest BCUT2D eigenvalue weighted by molar-refractivity contribution is 6.86. The molecule has 0 saturated carbocycles. The molecule has 1 nitrogen and oxygen atoms in total. The Balaban J connectivity index is 2.24. The Morgan fingerprint density at radius 2 is 1.71 bits per heavy atom. The largest absolute Gasteiger partial charge is 0.458 e. The molecular formula is C15H15BO. The van der Waals surface area contributed by atoms with Gasteiger partial charge < -0.3 is 4.74 Å². The normalized spacial score (nSPS) is 12.8. The number of aryl methyl sites for hydroxylation is 1. The molecular weight excluding hydrogens is 207 g/mol. The summed E-state index contributed by atoms with van der Waals surface area (Å²) in [5, 5.41) is 0. The minimum atomic E-state index is 0.412. The van der Waals surface area contributed by atoms with Gasteiger partial charge in [0.25, 0.3) is 0 Å². The molecule has 0 saturated heterocycles. The Morgan fingerprint density at radius 1 is 0.941 bits per heavy atom. The summed E-state index contributed by atoms with van der Waals surface area (Å²) in [5.74, 6) is 2.01. The van der Waals surface area contributed by atoms with Crippen LogP contribution in [0.25, 0.3) is 0 Å². The average molecular weight is 222 g/mol. The van der Waals surface area contributed by atoms with Gasteiger partial charge in [-0.2, -0.15) is 0 Å². The van der Waals surface area contributed by atoms with Gasteiger partial charge in [0, 0.05) is 0 Å². The second-order valence-electron chi connectivity index (χ2n) is 4.78. The van der Waals surface area contributed by atoms with Crippen LogP contribution in [-0.2, 0) is 0 Å². The summed E-state index contributed by atoms with van der Waals surface area (Å²) in [6.45, 7) is 7.01. The van der Waals surface area contributed by atoms with Crippen LogP contribution in [0.4, 0.5) is 0 Å². The summed E-state index contributed by atoms with van der Waals surface area (Å²) in [6, 6.07) is 12.5. The lowest BCUT2D eigenvalue weighted by Gasteiger charge is -2.26. The van der Waals surface area contributed by atoms with Gasteiger partial charge in [-0.25, -0.2) is 0 Å². The summed E-state index contributed by atoms with van der Waals surface area (Å²) in [4.78, 5) is 0. The molecule has 0 aliphatic carbocycles. The fraction of sp³-hybridized carbons (Fsp3) is 0.200. The van der Waals surface area contributed by atoms with Gasteiger partial charge in [-0.05, 0) is 48.0 Å². The van der Waals surface area contributed by atoms with Crippen LogP contribution in [0.15, 0.2) is 36.4 Å². The Labute approximate surface area is 103 Å². The molecule has 0 unspecified atom stereocenters. The third-order valence-corrected chi connectivity index (χ3v) is 3.78. The Bertz CT molecular complexity index is 589. The second-order valence-corrected chi connectivity index (χ2v) is 4.78. The summed E-state index contributed by atoms with van der Waals surface area (Å²) < 4.78 is 5.98. The van der Waals surface area contributed by atoms with Crippen LogP contribution in [0.5, 0.6) is 11.5 Å². The lowest BCUT2D eigenvalue weighted by Crippen LogP contribution is -2.45. The molecule has 1 heterocycles. The highest BCUT2D eigenvalue weighted by atomic mass is 16.5. The van der Waals surface area contributed by atoms with E-state index in [1.54, 1.807) is 0 Å². The van der Waals surface area contributed by atoms with E-state index < -0.39 is 0 Å². The zero-order valence-electron chi connectivity index (χ0n) is 10.4. The molecule has 2 aromatic rings. The van der Waals surface area contributed by atoms with E-state index in [1.807, 2.05) is 12.1 Å². The van der Waals surface area contributed by atoms with Crippen LogP contribution < -0.4 is 15.7 Å². The van der Waals surface area contributed by atoms with Gasteiger partial charge >= 0.3 is 0 Å². The van der Waals surface area contributed by atoms with Crippen molar-refractivity contribution in [3.8, 4) is 11.5 Å². The predicted octanol–water partition coefficient (Wildman–Crippen LogP) is 2.65. The van der Waals surface area contributed by atoms with Crippen molar-refractivity contribution in [1.29, 1.82) is 0 Å². The van der Waals surface area contributed by atoms with E-state index in [1.165, 1.54) is 22.1 Å². The minimum absolute atomic E-state index is 0.412. The van der Waals surface area contributed by atoms with Crippen LogP contribution in [-0.4, -0.2) is 6.71 Å². The number of fused-ring (bicyclic) bond motifs is 2.